The second-order valence-electron chi connectivity index (χ2n) is 10.2. The van der Waals surface area contributed by atoms with Crippen molar-refractivity contribution >= 4 is 24.0 Å². The minimum atomic E-state index is -0.695. The van der Waals surface area contributed by atoms with Crippen molar-refractivity contribution in [2.24, 2.45) is 0 Å². The van der Waals surface area contributed by atoms with Crippen molar-refractivity contribution in [3.63, 3.8) is 0 Å². The van der Waals surface area contributed by atoms with Crippen molar-refractivity contribution in [2.75, 3.05) is 53.9 Å². The SMILES string of the molecule is COCCOC(=O)C1=C(C)NC(=O)NC1c1ccc(OCCOc2ccc(C3NC(=O)NC(C)=C3C(=O)OCCOC)cc2)cc1. The number of nitrogens with one attached hydrogen (secondary N) is 4. The molecule has 4 rings (SSSR count). The highest BCUT2D eigenvalue weighted by Gasteiger charge is 2.33. The fraction of sp³-hybridized carbons (Fsp3) is 0.375. The predicted molar refractivity (Wildman–Crippen MR) is 164 cm³/mol. The zero-order chi connectivity index (χ0) is 33.1. The van der Waals surface area contributed by atoms with Gasteiger partial charge in [0.15, 0.2) is 0 Å². The van der Waals surface area contributed by atoms with Crippen LogP contribution in [0.4, 0.5) is 9.59 Å². The van der Waals surface area contributed by atoms with Gasteiger partial charge in [-0.15, -0.1) is 0 Å². The van der Waals surface area contributed by atoms with Crippen LogP contribution in [0.25, 0.3) is 0 Å². The van der Waals surface area contributed by atoms with Crippen LogP contribution < -0.4 is 30.7 Å². The van der Waals surface area contributed by atoms with Gasteiger partial charge in [0.1, 0.15) is 37.9 Å². The number of hydrogen-bond acceptors (Lipinski definition) is 10. The summed E-state index contributed by atoms with van der Waals surface area (Å²) in [5, 5.41) is 10.8. The van der Waals surface area contributed by atoms with E-state index in [-0.39, 0.29) is 39.6 Å². The largest absolute Gasteiger partial charge is 0.490 e. The summed E-state index contributed by atoms with van der Waals surface area (Å²) in [5.74, 6) is 0.0410. The third kappa shape index (κ3) is 8.76. The molecule has 46 heavy (non-hydrogen) atoms. The second kappa shape index (κ2) is 16.3. The Labute approximate surface area is 266 Å². The topological polar surface area (TPSA) is 172 Å². The lowest BCUT2D eigenvalue weighted by atomic mass is 9.95. The highest BCUT2D eigenvalue weighted by molar-refractivity contribution is 5.95. The van der Waals surface area contributed by atoms with Crippen LogP contribution in [0.3, 0.4) is 0 Å². The number of carbonyl (C=O) groups is 4. The van der Waals surface area contributed by atoms with Crippen molar-refractivity contribution in [1.29, 1.82) is 0 Å². The minimum absolute atomic E-state index is 0.0896. The number of urea groups is 2. The molecule has 0 saturated carbocycles. The third-order valence-corrected chi connectivity index (χ3v) is 7.07. The second-order valence-corrected chi connectivity index (χ2v) is 10.2. The zero-order valence-electron chi connectivity index (χ0n) is 26.1. The van der Waals surface area contributed by atoms with E-state index >= 15 is 0 Å². The van der Waals surface area contributed by atoms with Crippen molar-refractivity contribution in [3.05, 3.63) is 82.2 Å². The zero-order valence-corrected chi connectivity index (χ0v) is 26.1. The van der Waals surface area contributed by atoms with Crippen molar-refractivity contribution < 1.29 is 47.6 Å². The molecule has 0 spiro atoms. The average molecular weight is 639 g/mol. The first-order chi connectivity index (χ1) is 22.2. The fourth-order valence-corrected chi connectivity index (χ4v) is 4.85. The maximum atomic E-state index is 12.7. The van der Waals surface area contributed by atoms with Gasteiger partial charge in [0.05, 0.1) is 36.4 Å². The Morgan fingerprint density at radius 3 is 1.30 bits per heavy atom. The van der Waals surface area contributed by atoms with Crippen LogP contribution in [-0.2, 0) is 28.5 Å². The first-order valence-corrected chi connectivity index (χ1v) is 14.6. The molecular formula is C32H38N4O10. The molecule has 2 aliphatic heterocycles. The van der Waals surface area contributed by atoms with Gasteiger partial charge in [0.2, 0.25) is 0 Å². The Morgan fingerprint density at radius 1 is 0.587 bits per heavy atom. The van der Waals surface area contributed by atoms with Gasteiger partial charge in [-0.1, -0.05) is 24.3 Å². The van der Waals surface area contributed by atoms with Gasteiger partial charge in [-0.3, -0.25) is 0 Å². The molecule has 2 atom stereocenters. The van der Waals surface area contributed by atoms with Crippen LogP contribution in [0.1, 0.15) is 37.1 Å². The number of benzene rings is 2. The summed E-state index contributed by atoms with van der Waals surface area (Å²) < 4.78 is 32.1. The van der Waals surface area contributed by atoms with Gasteiger partial charge in [0.25, 0.3) is 0 Å². The summed E-state index contributed by atoms with van der Waals surface area (Å²) in [5.41, 5.74) is 2.78. The van der Waals surface area contributed by atoms with E-state index in [9.17, 15) is 19.2 Å². The average Bonchev–Trinajstić information content (AvgIpc) is 3.03. The number of rotatable bonds is 15. The van der Waals surface area contributed by atoms with E-state index in [1.165, 1.54) is 14.2 Å². The van der Waals surface area contributed by atoms with Crippen LogP contribution in [0.2, 0.25) is 0 Å². The summed E-state index contributed by atoms with van der Waals surface area (Å²) in [6.45, 7) is 4.47. The lowest BCUT2D eigenvalue weighted by Gasteiger charge is -2.28. The van der Waals surface area contributed by atoms with E-state index in [0.29, 0.717) is 45.2 Å². The quantitative estimate of drug-likeness (QED) is 0.168. The third-order valence-electron chi connectivity index (χ3n) is 7.07. The van der Waals surface area contributed by atoms with Crippen LogP contribution in [0, 0.1) is 0 Å². The monoisotopic (exact) mass is 638 g/mol. The standard InChI is InChI=1S/C32H38N4O10/c1-19-25(29(37)45-15-13-41-3)27(35-31(39)33-19)21-5-9-23(10-6-21)43-17-18-44-24-11-7-22(8-12-24)28-26(20(2)34-32(40)36-28)30(38)46-16-14-42-4/h5-12,27-28H,13-18H2,1-4H3,(H2,33,35,39)(H2,34,36,40). The van der Waals surface area contributed by atoms with Gasteiger partial charge in [-0.2, -0.15) is 0 Å². The molecule has 0 saturated heterocycles. The minimum Gasteiger partial charge on any atom is -0.490 e. The highest BCUT2D eigenvalue weighted by atomic mass is 16.6. The van der Waals surface area contributed by atoms with E-state index in [1.807, 2.05) is 0 Å². The van der Waals surface area contributed by atoms with Crippen molar-refractivity contribution in [1.82, 2.24) is 21.3 Å². The van der Waals surface area contributed by atoms with E-state index in [1.54, 1.807) is 62.4 Å². The number of allylic oxidation sites excluding steroid dienone is 2. The van der Waals surface area contributed by atoms with Gasteiger partial charge in [-0.25, -0.2) is 19.2 Å². The first kappa shape index (κ1) is 33.8. The molecule has 2 unspecified atom stereocenters. The Balaban J connectivity index is 1.31. The molecular weight excluding hydrogens is 600 g/mol. The molecule has 2 aromatic carbocycles. The van der Waals surface area contributed by atoms with E-state index < -0.39 is 36.1 Å². The molecule has 0 radical (unpaired) electrons. The Morgan fingerprint density at radius 2 is 0.957 bits per heavy atom. The molecule has 0 bridgehead atoms. The number of methoxy groups -OCH3 is 2. The lowest BCUT2D eigenvalue weighted by molar-refractivity contribution is -0.141. The summed E-state index contributed by atoms with van der Waals surface area (Å²) in [6, 6.07) is 11.8. The number of esters is 2. The van der Waals surface area contributed by atoms with Crippen molar-refractivity contribution in [3.8, 4) is 11.5 Å². The summed E-state index contributed by atoms with van der Waals surface area (Å²) in [6.07, 6.45) is 0. The number of carbonyl (C=O) groups excluding carboxylic acids is 4. The van der Waals surface area contributed by atoms with E-state index in [4.69, 9.17) is 28.4 Å². The Bertz CT molecular complexity index is 1360. The van der Waals surface area contributed by atoms with E-state index in [0.717, 1.165) is 0 Å². The van der Waals surface area contributed by atoms with Gasteiger partial charge < -0.3 is 49.7 Å². The van der Waals surface area contributed by atoms with Crippen LogP contribution in [0.5, 0.6) is 11.5 Å². The Hall–Kier alpha value is -5.08. The molecule has 14 heteroatoms. The molecule has 14 nitrogen and oxygen atoms in total. The smallest absolute Gasteiger partial charge is 0.338 e. The number of hydrogen-bond donors (Lipinski definition) is 4. The van der Waals surface area contributed by atoms with Gasteiger partial charge >= 0.3 is 24.0 Å². The fourth-order valence-electron chi connectivity index (χ4n) is 4.85. The maximum absolute atomic E-state index is 12.7. The van der Waals surface area contributed by atoms with E-state index in [2.05, 4.69) is 21.3 Å². The molecule has 0 fully saturated rings. The number of amides is 4. The van der Waals surface area contributed by atoms with Crippen LogP contribution in [-0.4, -0.2) is 77.9 Å². The van der Waals surface area contributed by atoms with Gasteiger partial charge in [-0.05, 0) is 49.2 Å². The van der Waals surface area contributed by atoms with Crippen LogP contribution >= 0.6 is 0 Å². The molecule has 246 valence electrons. The first-order valence-electron chi connectivity index (χ1n) is 14.6. The number of ether oxygens (including phenoxy) is 6. The maximum Gasteiger partial charge on any atom is 0.338 e. The van der Waals surface area contributed by atoms with Gasteiger partial charge in [0, 0.05) is 25.6 Å². The molecule has 2 heterocycles. The van der Waals surface area contributed by atoms with Crippen LogP contribution in [0.15, 0.2) is 71.1 Å². The molecule has 0 aliphatic carbocycles. The molecule has 4 N–H and O–H groups in total. The predicted octanol–water partition coefficient (Wildman–Crippen LogP) is 2.78. The summed E-state index contributed by atoms with van der Waals surface area (Å²) in [4.78, 5) is 49.8. The molecule has 4 amide bonds. The normalized spacial score (nSPS) is 17.7. The highest BCUT2D eigenvalue weighted by Crippen LogP contribution is 2.30. The molecule has 2 aromatic rings. The summed E-state index contributed by atoms with van der Waals surface area (Å²) >= 11 is 0. The lowest BCUT2D eigenvalue weighted by Crippen LogP contribution is -2.45. The van der Waals surface area contributed by atoms with Crippen molar-refractivity contribution in [2.45, 2.75) is 25.9 Å². The molecule has 0 aromatic heterocycles. The Kier molecular flexibility index (Phi) is 12.0. The molecule has 2 aliphatic rings. The summed E-state index contributed by atoms with van der Waals surface area (Å²) in [7, 11) is 3.02.